The second-order valence-corrected chi connectivity index (χ2v) is 7.05. The molecule has 2 heteroatoms. The van der Waals surface area contributed by atoms with Crippen LogP contribution in [0.25, 0.3) is 21.5 Å². The van der Waals surface area contributed by atoms with Gasteiger partial charge in [-0.05, 0) is 34.4 Å². The molecular formula is C21H15NS. The van der Waals surface area contributed by atoms with Crippen molar-refractivity contribution in [1.82, 2.24) is 0 Å². The lowest BCUT2D eigenvalue weighted by molar-refractivity contribution is 1.13. The first-order valence-electron chi connectivity index (χ1n) is 7.77. The number of hydrogen-bond acceptors (Lipinski definition) is 2. The summed E-state index contributed by atoms with van der Waals surface area (Å²) in [4.78, 5) is 5.00. The van der Waals surface area contributed by atoms with Crippen molar-refractivity contribution in [2.45, 2.75) is 9.79 Å². The van der Waals surface area contributed by atoms with Crippen LogP contribution in [-0.2, 0) is 0 Å². The highest BCUT2D eigenvalue weighted by Crippen LogP contribution is 2.50. The summed E-state index contributed by atoms with van der Waals surface area (Å²) in [6, 6.07) is 26.3. The minimum absolute atomic E-state index is 1.29. The molecule has 5 rings (SSSR count). The van der Waals surface area contributed by atoms with E-state index in [1.807, 2.05) is 11.8 Å². The van der Waals surface area contributed by atoms with Crippen molar-refractivity contribution in [2.24, 2.45) is 0 Å². The zero-order chi connectivity index (χ0) is 15.4. The predicted octanol–water partition coefficient (Wildman–Crippen LogP) is 6.23. The Labute approximate surface area is 139 Å². The molecule has 110 valence electrons. The number of anilines is 2. The van der Waals surface area contributed by atoms with Crippen LogP contribution in [0.2, 0.25) is 0 Å². The van der Waals surface area contributed by atoms with Crippen molar-refractivity contribution in [3.8, 4) is 0 Å². The molecule has 0 aromatic heterocycles. The van der Waals surface area contributed by atoms with Crippen LogP contribution in [0, 0.1) is 0 Å². The number of rotatable bonds is 0. The van der Waals surface area contributed by atoms with Gasteiger partial charge in [-0.1, -0.05) is 66.4 Å². The van der Waals surface area contributed by atoms with Crippen LogP contribution < -0.4 is 4.90 Å². The summed E-state index contributed by atoms with van der Waals surface area (Å²) in [6.07, 6.45) is 0. The third-order valence-electron chi connectivity index (χ3n) is 4.61. The lowest BCUT2D eigenvalue weighted by Gasteiger charge is -2.31. The monoisotopic (exact) mass is 313 g/mol. The van der Waals surface area contributed by atoms with Crippen molar-refractivity contribution in [1.29, 1.82) is 0 Å². The third kappa shape index (κ3) is 1.88. The molecule has 0 atom stereocenters. The molecular weight excluding hydrogens is 298 g/mol. The van der Waals surface area contributed by atoms with E-state index in [0.29, 0.717) is 0 Å². The average molecular weight is 313 g/mol. The zero-order valence-electron chi connectivity index (χ0n) is 12.8. The van der Waals surface area contributed by atoms with E-state index in [0.717, 1.165) is 0 Å². The Kier molecular flexibility index (Phi) is 2.70. The van der Waals surface area contributed by atoms with Gasteiger partial charge in [0.25, 0.3) is 0 Å². The normalized spacial score (nSPS) is 13.2. The molecule has 1 nitrogen and oxygen atoms in total. The molecule has 1 aliphatic heterocycles. The van der Waals surface area contributed by atoms with E-state index in [4.69, 9.17) is 0 Å². The molecule has 1 heterocycles. The van der Waals surface area contributed by atoms with Crippen molar-refractivity contribution >= 4 is 44.7 Å². The van der Waals surface area contributed by atoms with E-state index in [2.05, 4.69) is 84.7 Å². The van der Waals surface area contributed by atoms with Crippen LogP contribution in [0.15, 0.2) is 82.6 Å². The molecule has 0 saturated heterocycles. The van der Waals surface area contributed by atoms with Crippen LogP contribution in [0.5, 0.6) is 0 Å². The number of benzene rings is 4. The summed E-state index contributed by atoms with van der Waals surface area (Å²) >= 11 is 1.87. The molecule has 0 fully saturated rings. The maximum absolute atomic E-state index is 2.34. The fraction of sp³-hybridized carbons (Fsp3) is 0.0476. The molecule has 4 aromatic carbocycles. The van der Waals surface area contributed by atoms with Crippen molar-refractivity contribution in [3.63, 3.8) is 0 Å². The van der Waals surface area contributed by atoms with Crippen LogP contribution in [0.3, 0.4) is 0 Å². The summed E-state index contributed by atoms with van der Waals surface area (Å²) in [5, 5.41) is 5.21. The average Bonchev–Trinajstić information content (AvgIpc) is 2.60. The van der Waals surface area contributed by atoms with E-state index in [-0.39, 0.29) is 0 Å². The fourth-order valence-electron chi connectivity index (χ4n) is 3.45. The highest BCUT2D eigenvalue weighted by Gasteiger charge is 2.23. The third-order valence-corrected chi connectivity index (χ3v) is 5.70. The first kappa shape index (κ1) is 13.0. The van der Waals surface area contributed by atoms with Gasteiger partial charge in [-0.3, -0.25) is 0 Å². The zero-order valence-corrected chi connectivity index (χ0v) is 13.6. The maximum Gasteiger partial charge on any atom is 0.0629 e. The van der Waals surface area contributed by atoms with Gasteiger partial charge in [0, 0.05) is 22.2 Å². The van der Waals surface area contributed by atoms with Gasteiger partial charge in [-0.25, -0.2) is 0 Å². The Bertz CT molecular complexity index is 1070. The highest BCUT2D eigenvalue weighted by atomic mass is 32.2. The molecule has 4 aromatic rings. The molecule has 1 aliphatic rings. The lowest BCUT2D eigenvalue weighted by Crippen LogP contribution is -2.15. The van der Waals surface area contributed by atoms with E-state index >= 15 is 0 Å². The molecule has 0 unspecified atom stereocenters. The molecule has 0 spiro atoms. The van der Waals surface area contributed by atoms with Crippen LogP contribution in [0.4, 0.5) is 11.4 Å². The van der Waals surface area contributed by atoms with Crippen molar-refractivity contribution in [2.75, 3.05) is 11.9 Å². The van der Waals surface area contributed by atoms with Gasteiger partial charge in [-0.15, -0.1) is 0 Å². The molecule has 0 radical (unpaired) electrons. The molecule has 0 saturated carbocycles. The van der Waals surface area contributed by atoms with Gasteiger partial charge in [-0.2, -0.15) is 0 Å². The molecule has 0 aliphatic carbocycles. The Morgan fingerprint density at radius 2 is 1.39 bits per heavy atom. The van der Waals surface area contributed by atoms with E-state index < -0.39 is 0 Å². The maximum atomic E-state index is 2.34. The van der Waals surface area contributed by atoms with Crippen LogP contribution in [0.1, 0.15) is 0 Å². The first-order chi connectivity index (χ1) is 11.3. The van der Waals surface area contributed by atoms with Gasteiger partial charge in [0.15, 0.2) is 0 Å². The summed E-state index contributed by atoms with van der Waals surface area (Å²) in [6.45, 7) is 0. The van der Waals surface area contributed by atoms with Gasteiger partial charge in [0.05, 0.1) is 11.4 Å². The number of fused-ring (bicyclic) bond motifs is 5. The van der Waals surface area contributed by atoms with E-state index in [1.165, 1.54) is 42.7 Å². The lowest BCUT2D eigenvalue weighted by atomic mass is 10.1. The first-order valence-corrected chi connectivity index (χ1v) is 8.59. The van der Waals surface area contributed by atoms with Crippen molar-refractivity contribution in [3.05, 3.63) is 72.8 Å². The van der Waals surface area contributed by atoms with Gasteiger partial charge in [0.2, 0.25) is 0 Å². The minimum atomic E-state index is 1.29. The van der Waals surface area contributed by atoms with Crippen LogP contribution in [-0.4, -0.2) is 7.05 Å². The largest absolute Gasteiger partial charge is 0.342 e. The van der Waals surface area contributed by atoms with Gasteiger partial charge < -0.3 is 4.90 Å². The van der Waals surface area contributed by atoms with E-state index in [1.54, 1.807) is 0 Å². The fourth-order valence-corrected chi connectivity index (χ4v) is 4.66. The Morgan fingerprint density at radius 1 is 0.696 bits per heavy atom. The van der Waals surface area contributed by atoms with Gasteiger partial charge in [0.1, 0.15) is 0 Å². The minimum Gasteiger partial charge on any atom is -0.342 e. The summed E-state index contributed by atoms with van der Waals surface area (Å²) < 4.78 is 0. The molecule has 0 N–H and O–H groups in total. The molecule has 0 bridgehead atoms. The molecule has 0 amide bonds. The van der Waals surface area contributed by atoms with E-state index in [9.17, 15) is 0 Å². The summed E-state index contributed by atoms with van der Waals surface area (Å²) in [7, 11) is 2.18. The summed E-state index contributed by atoms with van der Waals surface area (Å²) in [5.74, 6) is 0. The smallest absolute Gasteiger partial charge is 0.0629 e. The Balaban J connectivity index is 1.80. The quantitative estimate of drug-likeness (QED) is 0.379. The van der Waals surface area contributed by atoms with Crippen LogP contribution >= 0.6 is 11.8 Å². The Morgan fingerprint density at radius 3 is 2.22 bits per heavy atom. The number of hydrogen-bond donors (Lipinski definition) is 0. The second-order valence-electron chi connectivity index (χ2n) is 5.96. The predicted molar refractivity (Wildman–Crippen MR) is 100 cm³/mol. The topological polar surface area (TPSA) is 3.24 Å². The van der Waals surface area contributed by atoms with Gasteiger partial charge >= 0.3 is 0 Å². The second kappa shape index (κ2) is 4.77. The SMILES string of the molecule is CN1c2cc3ccccc3cc2Sc2ccc3ccccc3c21. The van der Waals surface area contributed by atoms with Crippen molar-refractivity contribution < 1.29 is 0 Å². The Hall–Kier alpha value is -2.45. The highest BCUT2D eigenvalue weighted by molar-refractivity contribution is 7.99. The summed E-state index contributed by atoms with van der Waals surface area (Å²) in [5.41, 5.74) is 2.61. The molecule has 23 heavy (non-hydrogen) atoms. The number of nitrogens with zero attached hydrogens (tertiary/aromatic N) is 1. The standard InChI is InChI=1S/C21H15NS/c1-22-18-12-15-7-2-3-8-16(15)13-20(18)23-19-11-10-14-6-4-5-9-17(14)21(19)22/h2-13H,1H3.